The lowest BCUT2D eigenvalue weighted by Gasteiger charge is -2.45. The first-order chi connectivity index (χ1) is 6.18. The molecule has 0 spiro atoms. The molecule has 0 aromatic carbocycles. The van der Waals surface area contributed by atoms with Crippen molar-refractivity contribution in [1.82, 2.24) is 0 Å². The summed E-state index contributed by atoms with van der Waals surface area (Å²) in [5.41, 5.74) is 6.28. The summed E-state index contributed by atoms with van der Waals surface area (Å²) in [6.07, 6.45) is 7.35. The molecule has 3 fully saturated rings. The largest absolute Gasteiger partial charge is 0.327 e. The van der Waals surface area contributed by atoms with E-state index in [2.05, 4.69) is 13.8 Å². The molecule has 0 heterocycles. The third kappa shape index (κ3) is 1.76. The predicted molar refractivity (Wildman–Crippen MR) is 56.4 cm³/mol. The van der Waals surface area contributed by atoms with E-state index in [9.17, 15) is 0 Å². The summed E-state index contributed by atoms with van der Waals surface area (Å²) in [4.78, 5) is 0. The van der Waals surface area contributed by atoms with Crippen LogP contribution in [0.15, 0.2) is 0 Å². The van der Waals surface area contributed by atoms with E-state index >= 15 is 0 Å². The number of nitrogens with two attached hydrogens (primary N) is 1. The average Bonchev–Trinajstić information content (AvgIpc) is 2.18. The van der Waals surface area contributed by atoms with Gasteiger partial charge < -0.3 is 5.73 Å². The van der Waals surface area contributed by atoms with Crippen LogP contribution in [0, 0.1) is 23.7 Å². The van der Waals surface area contributed by atoms with Gasteiger partial charge in [0.25, 0.3) is 0 Å². The third-order valence-electron chi connectivity index (χ3n) is 4.37. The molecule has 0 radical (unpaired) electrons. The highest BCUT2D eigenvalue weighted by Gasteiger charge is 2.38. The lowest BCUT2D eigenvalue weighted by Crippen LogP contribution is -2.45. The molecule has 1 heteroatoms. The molecule has 3 aliphatic carbocycles. The second-order valence-corrected chi connectivity index (χ2v) is 5.50. The molecule has 0 aromatic heterocycles. The molecule has 3 saturated carbocycles. The van der Waals surface area contributed by atoms with Crippen molar-refractivity contribution >= 4 is 0 Å². The van der Waals surface area contributed by atoms with Gasteiger partial charge in [0.15, 0.2) is 0 Å². The fourth-order valence-corrected chi connectivity index (χ4v) is 3.40. The molecule has 2 unspecified atom stereocenters. The molecule has 2 N–H and O–H groups in total. The molecule has 0 saturated heterocycles. The van der Waals surface area contributed by atoms with Crippen molar-refractivity contribution in [3.63, 3.8) is 0 Å². The summed E-state index contributed by atoms with van der Waals surface area (Å²) in [5, 5.41) is 0. The Morgan fingerprint density at radius 3 is 2.08 bits per heavy atom. The molecule has 3 aliphatic rings. The molecular weight excluding hydrogens is 158 g/mol. The van der Waals surface area contributed by atoms with Gasteiger partial charge in [-0.15, -0.1) is 0 Å². The fraction of sp³-hybridized carbons (Fsp3) is 1.00. The maximum absolute atomic E-state index is 6.28. The van der Waals surface area contributed by atoms with Gasteiger partial charge in [0, 0.05) is 6.04 Å². The molecule has 0 aromatic rings. The Kier molecular flexibility index (Phi) is 2.64. The number of hydrogen-bond acceptors (Lipinski definition) is 1. The summed E-state index contributed by atoms with van der Waals surface area (Å²) >= 11 is 0. The van der Waals surface area contributed by atoms with Crippen LogP contribution in [0.25, 0.3) is 0 Å². The van der Waals surface area contributed by atoms with E-state index in [-0.39, 0.29) is 0 Å². The van der Waals surface area contributed by atoms with E-state index in [1.807, 2.05) is 0 Å². The standard InChI is InChI=1S/C12H23N/c1-8(2)12(13)11-7-9-3-5-10(11)6-4-9/h8-12H,3-7,13H2,1-2H3. The second-order valence-electron chi connectivity index (χ2n) is 5.50. The van der Waals surface area contributed by atoms with Crippen LogP contribution in [0.2, 0.25) is 0 Å². The maximum Gasteiger partial charge on any atom is 0.00931 e. The Morgan fingerprint density at radius 2 is 1.69 bits per heavy atom. The van der Waals surface area contributed by atoms with Gasteiger partial charge in [-0.3, -0.25) is 0 Å². The molecule has 13 heavy (non-hydrogen) atoms. The minimum absolute atomic E-state index is 0.466. The van der Waals surface area contributed by atoms with Crippen LogP contribution in [-0.2, 0) is 0 Å². The van der Waals surface area contributed by atoms with Crippen molar-refractivity contribution < 1.29 is 0 Å². The van der Waals surface area contributed by atoms with E-state index in [0.717, 1.165) is 17.8 Å². The van der Waals surface area contributed by atoms with Crippen LogP contribution >= 0.6 is 0 Å². The zero-order valence-electron chi connectivity index (χ0n) is 9.00. The van der Waals surface area contributed by atoms with Gasteiger partial charge in [-0.25, -0.2) is 0 Å². The van der Waals surface area contributed by atoms with Crippen LogP contribution < -0.4 is 5.73 Å². The van der Waals surface area contributed by atoms with Gasteiger partial charge >= 0.3 is 0 Å². The van der Waals surface area contributed by atoms with E-state index in [0.29, 0.717) is 12.0 Å². The minimum atomic E-state index is 0.466. The van der Waals surface area contributed by atoms with Gasteiger partial charge in [-0.1, -0.05) is 26.7 Å². The van der Waals surface area contributed by atoms with Crippen LogP contribution in [0.4, 0.5) is 0 Å². The highest BCUT2D eigenvalue weighted by atomic mass is 14.7. The lowest BCUT2D eigenvalue weighted by atomic mass is 9.61. The molecule has 2 atom stereocenters. The lowest BCUT2D eigenvalue weighted by molar-refractivity contribution is 0.0693. The van der Waals surface area contributed by atoms with Crippen LogP contribution in [-0.4, -0.2) is 6.04 Å². The average molecular weight is 181 g/mol. The first-order valence-corrected chi connectivity index (χ1v) is 5.94. The van der Waals surface area contributed by atoms with Crippen molar-refractivity contribution in [3.8, 4) is 0 Å². The zero-order valence-corrected chi connectivity index (χ0v) is 9.00. The van der Waals surface area contributed by atoms with E-state index in [1.54, 1.807) is 0 Å². The molecule has 0 amide bonds. The summed E-state index contributed by atoms with van der Waals surface area (Å²) in [6, 6.07) is 0.466. The SMILES string of the molecule is CC(C)C(N)C1CC2CCC1CC2. The first kappa shape index (κ1) is 9.51. The third-order valence-corrected chi connectivity index (χ3v) is 4.37. The van der Waals surface area contributed by atoms with Gasteiger partial charge in [0.2, 0.25) is 0 Å². The summed E-state index contributed by atoms with van der Waals surface area (Å²) in [7, 11) is 0. The monoisotopic (exact) mass is 181 g/mol. The minimum Gasteiger partial charge on any atom is -0.327 e. The Labute approximate surface area is 82.1 Å². The molecule has 76 valence electrons. The quantitative estimate of drug-likeness (QED) is 0.696. The van der Waals surface area contributed by atoms with Crippen molar-refractivity contribution in [2.45, 2.75) is 52.0 Å². The molecule has 1 nitrogen and oxygen atoms in total. The smallest absolute Gasteiger partial charge is 0.00931 e. The van der Waals surface area contributed by atoms with E-state index in [4.69, 9.17) is 5.73 Å². The normalized spacial score (nSPS) is 41.1. The van der Waals surface area contributed by atoms with Gasteiger partial charge in [-0.2, -0.15) is 0 Å². The van der Waals surface area contributed by atoms with Gasteiger partial charge in [0.05, 0.1) is 0 Å². The Morgan fingerprint density at radius 1 is 1.08 bits per heavy atom. The summed E-state index contributed by atoms with van der Waals surface area (Å²) in [5.74, 6) is 3.53. The predicted octanol–water partition coefficient (Wildman–Crippen LogP) is 2.80. The molecule has 2 bridgehead atoms. The second kappa shape index (κ2) is 3.61. The zero-order chi connectivity index (χ0) is 9.42. The fourth-order valence-electron chi connectivity index (χ4n) is 3.40. The van der Waals surface area contributed by atoms with Gasteiger partial charge in [-0.05, 0) is 42.9 Å². The van der Waals surface area contributed by atoms with Crippen molar-refractivity contribution in [2.75, 3.05) is 0 Å². The van der Waals surface area contributed by atoms with Crippen molar-refractivity contribution in [1.29, 1.82) is 0 Å². The number of hydrogen-bond donors (Lipinski definition) is 1. The first-order valence-electron chi connectivity index (χ1n) is 5.94. The highest BCUT2D eigenvalue weighted by Crippen LogP contribution is 2.46. The molecule has 0 aliphatic heterocycles. The number of rotatable bonds is 2. The van der Waals surface area contributed by atoms with E-state index < -0.39 is 0 Å². The highest BCUT2D eigenvalue weighted by molar-refractivity contribution is 4.91. The Balaban J connectivity index is 2.00. The topological polar surface area (TPSA) is 26.0 Å². The number of fused-ring (bicyclic) bond motifs is 3. The molecule has 3 rings (SSSR count). The van der Waals surface area contributed by atoms with Crippen molar-refractivity contribution in [2.24, 2.45) is 29.4 Å². The Bertz CT molecular complexity index is 166. The molecular formula is C12H23N. The van der Waals surface area contributed by atoms with Crippen LogP contribution in [0.3, 0.4) is 0 Å². The Hall–Kier alpha value is -0.0400. The van der Waals surface area contributed by atoms with Crippen molar-refractivity contribution in [3.05, 3.63) is 0 Å². The van der Waals surface area contributed by atoms with Gasteiger partial charge in [0.1, 0.15) is 0 Å². The van der Waals surface area contributed by atoms with Crippen LogP contribution in [0.5, 0.6) is 0 Å². The summed E-state index contributed by atoms with van der Waals surface area (Å²) in [6.45, 7) is 4.54. The summed E-state index contributed by atoms with van der Waals surface area (Å²) < 4.78 is 0. The van der Waals surface area contributed by atoms with E-state index in [1.165, 1.54) is 32.1 Å². The van der Waals surface area contributed by atoms with Crippen LogP contribution in [0.1, 0.15) is 46.0 Å². The maximum atomic E-state index is 6.28.